The third kappa shape index (κ3) is 6.03. The van der Waals surface area contributed by atoms with E-state index in [1.54, 1.807) is 0 Å². The Hall–Kier alpha value is -2.09. The largest absolute Gasteiger partial charge is 0.365 e. The van der Waals surface area contributed by atoms with E-state index in [1.807, 2.05) is 82.4 Å². The topological polar surface area (TPSA) is 58.5 Å². The summed E-state index contributed by atoms with van der Waals surface area (Å²) in [6.45, 7) is 9.11. The number of rotatable bonds is 8. The van der Waals surface area contributed by atoms with E-state index in [9.17, 15) is 0 Å². The standard InChI is InChI=1S/C26H33NO5/c1-25(2)29-18-22(30-25)24-23(31-26(3,4)32-24)21(28-17-20-13-9-6-10-14-20)16-27-15-19-11-7-5-8-12-19/h5-14,16,21-24H,15,17-18H2,1-4H3/t21-,22+,23+,24+/m0/s1. The van der Waals surface area contributed by atoms with Crippen LogP contribution >= 0.6 is 0 Å². The van der Waals surface area contributed by atoms with E-state index in [4.69, 9.17) is 23.7 Å². The van der Waals surface area contributed by atoms with Crippen molar-refractivity contribution in [2.75, 3.05) is 6.61 Å². The average molecular weight is 440 g/mol. The Morgan fingerprint density at radius 3 is 2.19 bits per heavy atom. The van der Waals surface area contributed by atoms with Gasteiger partial charge in [-0.3, -0.25) is 4.99 Å². The van der Waals surface area contributed by atoms with Crippen LogP contribution in [0, 0.1) is 0 Å². The summed E-state index contributed by atoms with van der Waals surface area (Å²) in [4.78, 5) is 4.68. The minimum Gasteiger partial charge on any atom is -0.365 e. The third-order valence-electron chi connectivity index (χ3n) is 5.54. The van der Waals surface area contributed by atoms with Gasteiger partial charge in [-0.25, -0.2) is 0 Å². The first kappa shape index (κ1) is 23.1. The summed E-state index contributed by atoms with van der Waals surface area (Å²) in [6.07, 6.45) is 0.478. The van der Waals surface area contributed by atoms with E-state index < -0.39 is 17.7 Å². The predicted octanol–water partition coefficient (Wildman–Crippen LogP) is 4.51. The first-order valence-corrected chi connectivity index (χ1v) is 11.2. The number of nitrogens with zero attached hydrogens (tertiary/aromatic N) is 1. The molecule has 0 saturated carbocycles. The van der Waals surface area contributed by atoms with Gasteiger partial charge >= 0.3 is 0 Å². The number of benzene rings is 2. The Balaban J connectivity index is 1.53. The summed E-state index contributed by atoms with van der Waals surface area (Å²) in [7, 11) is 0. The second-order valence-electron chi connectivity index (χ2n) is 9.17. The van der Waals surface area contributed by atoms with E-state index >= 15 is 0 Å². The van der Waals surface area contributed by atoms with Crippen LogP contribution in [0.1, 0.15) is 38.8 Å². The van der Waals surface area contributed by atoms with Crippen LogP contribution in [0.4, 0.5) is 0 Å². The van der Waals surface area contributed by atoms with Crippen LogP contribution < -0.4 is 0 Å². The molecule has 2 aliphatic rings. The first-order chi connectivity index (χ1) is 15.3. The lowest BCUT2D eigenvalue weighted by molar-refractivity contribution is -0.175. The van der Waals surface area contributed by atoms with Gasteiger partial charge in [0.1, 0.15) is 24.4 Å². The lowest BCUT2D eigenvalue weighted by atomic mass is 10.0. The van der Waals surface area contributed by atoms with Gasteiger partial charge < -0.3 is 23.7 Å². The molecule has 6 heteroatoms. The Bertz CT molecular complexity index is 884. The molecule has 0 radical (unpaired) electrons. The molecule has 32 heavy (non-hydrogen) atoms. The van der Waals surface area contributed by atoms with Crippen molar-refractivity contribution in [1.29, 1.82) is 0 Å². The highest BCUT2D eigenvalue weighted by atomic mass is 16.8. The van der Waals surface area contributed by atoms with Gasteiger partial charge in [-0.1, -0.05) is 60.7 Å². The quantitative estimate of drug-likeness (QED) is 0.566. The molecule has 2 aromatic rings. The van der Waals surface area contributed by atoms with Gasteiger partial charge in [-0.05, 0) is 38.8 Å². The Morgan fingerprint density at radius 2 is 1.56 bits per heavy atom. The van der Waals surface area contributed by atoms with Gasteiger partial charge in [0.25, 0.3) is 0 Å². The van der Waals surface area contributed by atoms with Gasteiger partial charge in [0.05, 0.1) is 19.8 Å². The fourth-order valence-corrected chi connectivity index (χ4v) is 4.07. The zero-order valence-electron chi connectivity index (χ0n) is 19.3. The Morgan fingerprint density at radius 1 is 0.906 bits per heavy atom. The number of ether oxygens (including phenoxy) is 5. The zero-order chi connectivity index (χ0) is 22.6. The fraction of sp³-hybridized carbons (Fsp3) is 0.500. The summed E-state index contributed by atoms with van der Waals surface area (Å²) in [6, 6.07) is 20.2. The van der Waals surface area contributed by atoms with Gasteiger partial charge in [-0.2, -0.15) is 0 Å². The smallest absolute Gasteiger partial charge is 0.164 e. The fourth-order valence-electron chi connectivity index (χ4n) is 4.07. The van der Waals surface area contributed by atoms with Crippen molar-refractivity contribution in [3.8, 4) is 0 Å². The van der Waals surface area contributed by atoms with Gasteiger partial charge in [0, 0.05) is 6.21 Å². The highest BCUT2D eigenvalue weighted by Gasteiger charge is 2.52. The van der Waals surface area contributed by atoms with Crippen molar-refractivity contribution in [3.63, 3.8) is 0 Å². The summed E-state index contributed by atoms with van der Waals surface area (Å²) in [5.41, 5.74) is 2.23. The van der Waals surface area contributed by atoms with Crippen molar-refractivity contribution in [2.45, 2.75) is 76.8 Å². The highest BCUT2D eigenvalue weighted by molar-refractivity contribution is 5.64. The van der Waals surface area contributed by atoms with Gasteiger partial charge in [-0.15, -0.1) is 0 Å². The monoisotopic (exact) mass is 439 g/mol. The van der Waals surface area contributed by atoms with Crippen molar-refractivity contribution in [1.82, 2.24) is 0 Å². The summed E-state index contributed by atoms with van der Waals surface area (Å²) in [5, 5.41) is 0. The van der Waals surface area contributed by atoms with Crippen molar-refractivity contribution >= 4 is 6.21 Å². The third-order valence-corrected chi connectivity index (χ3v) is 5.54. The highest BCUT2D eigenvalue weighted by Crippen LogP contribution is 2.37. The van der Waals surface area contributed by atoms with Crippen LogP contribution in [0.5, 0.6) is 0 Å². The summed E-state index contributed by atoms with van der Waals surface area (Å²) < 4.78 is 30.8. The zero-order valence-corrected chi connectivity index (χ0v) is 19.3. The van der Waals surface area contributed by atoms with Crippen LogP contribution in [-0.2, 0) is 36.8 Å². The van der Waals surface area contributed by atoms with Crippen LogP contribution in [0.15, 0.2) is 65.7 Å². The second kappa shape index (κ2) is 9.81. The molecule has 4 rings (SSSR count). The van der Waals surface area contributed by atoms with Crippen molar-refractivity contribution in [3.05, 3.63) is 71.8 Å². The summed E-state index contributed by atoms with van der Waals surface area (Å²) >= 11 is 0. The normalized spacial score (nSPS) is 27.7. The molecule has 0 unspecified atom stereocenters. The molecule has 0 amide bonds. The minimum absolute atomic E-state index is 0.248. The van der Waals surface area contributed by atoms with Crippen molar-refractivity contribution in [2.24, 2.45) is 4.99 Å². The minimum atomic E-state index is -0.757. The number of aliphatic imine (C=N–C) groups is 1. The molecule has 172 valence electrons. The van der Waals surface area contributed by atoms with E-state index in [-0.39, 0.29) is 18.3 Å². The molecule has 0 aromatic heterocycles. The molecule has 2 aliphatic heterocycles. The van der Waals surface area contributed by atoms with E-state index in [0.29, 0.717) is 19.8 Å². The molecule has 2 fully saturated rings. The molecule has 2 aromatic carbocycles. The maximum atomic E-state index is 6.33. The molecular formula is C26H33NO5. The predicted molar refractivity (Wildman–Crippen MR) is 122 cm³/mol. The van der Waals surface area contributed by atoms with Gasteiger partial charge in [0.2, 0.25) is 0 Å². The van der Waals surface area contributed by atoms with E-state index in [0.717, 1.165) is 11.1 Å². The molecule has 2 saturated heterocycles. The maximum absolute atomic E-state index is 6.33. The lowest BCUT2D eigenvalue weighted by Gasteiger charge is -2.27. The molecule has 0 spiro atoms. The maximum Gasteiger partial charge on any atom is 0.164 e. The Kier molecular flexibility index (Phi) is 7.08. The van der Waals surface area contributed by atoms with Crippen LogP contribution in [0.25, 0.3) is 0 Å². The van der Waals surface area contributed by atoms with Gasteiger partial charge in [0.15, 0.2) is 11.6 Å². The molecule has 0 N–H and O–H groups in total. The average Bonchev–Trinajstić information content (AvgIpc) is 3.30. The number of hydrogen-bond acceptors (Lipinski definition) is 6. The molecular weight excluding hydrogens is 406 g/mol. The first-order valence-electron chi connectivity index (χ1n) is 11.2. The van der Waals surface area contributed by atoms with E-state index in [1.165, 1.54) is 0 Å². The molecule has 0 bridgehead atoms. The SMILES string of the molecule is CC1(C)O[C@H]([C@H](C=NCc2ccccc2)OCc2ccccc2)[C@@H]([C@H]2COC(C)(C)O2)O1. The molecule has 6 nitrogen and oxygen atoms in total. The molecule has 0 aliphatic carbocycles. The lowest BCUT2D eigenvalue weighted by Crippen LogP contribution is -2.45. The van der Waals surface area contributed by atoms with Crippen molar-refractivity contribution < 1.29 is 23.7 Å². The van der Waals surface area contributed by atoms with E-state index in [2.05, 4.69) is 17.1 Å². The Labute approximate surface area is 190 Å². The van der Waals surface area contributed by atoms with Crippen LogP contribution in [0.3, 0.4) is 0 Å². The van der Waals surface area contributed by atoms with Crippen LogP contribution in [-0.4, -0.2) is 48.8 Å². The molecule has 2 heterocycles. The molecule has 4 atom stereocenters. The van der Waals surface area contributed by atoms with Crippen LogP contribution in [0.2, 0.25) is 0 Å². The summed E-state index contributed by atoms with van der Waals surface area (Å²) in [5.74, 6) is -1.40. The number of hydrogen-bond donors (Lipinski definition) is 0. The second-order valence-corrected chi connectivity index (χ2v) is 9.17.